The lowest BCUT2D eigenvalue weighted by Crippen LogP contribution is -2.43. The Morgan fingerprint density at radius 2 is 2.58 bits per heavy atom. The zero-order valence-electron chi connectivity index (χ0n) is 11.0. The number of amides is 1. The van der Waals surface area contributed by atoms with E-state index >= 15 is 0 Å². The maximum Gasteiger partial charge on any atom is 0.237 e. The Balaban J connectivity index is 1.90. The largest absolute Gasteiger partial charge is 0.476 e. The number of morpholine rings is 1. The molecule has 1 amide bonds. The fraction of sp³-hybridized carbons (Fsp3) is 0.538. The molecule has 104 valence electrons. The molecule has 0 aliphatic carbocycles. The smallest absolute Gasteiger partial charge is 0.237 e. The van der Waals surface area contributed by atoms with Crippen molar-refractivity contribution in [3.63, 3.8) is 0 Å². The molecule has 0 spiro atoms. The van der Waals surface area contributed by atoms with Crippen molar-refractivity contribution < 1.29 is 14.3 Å². The molecule has 2 N–H and O–H groups in total. The van der Waals surface area contributed by atoms with Crippen LogP contribution in [0.15, 0.2) is 18.3 Å². The van der Waals surface area contributed by atoms with Crippen molar-refractivity contribution in [2.24, 2.45) is 0 Å². The van der Waals surface area contributed by atoms with Gasteiger partial charge in [0.15, 0.2) is 0 Å². The zero-order valence-corrected chi connectivity index (χ0v) is 11.0. The molecule has 2 heterocycles. The lowest BCUT2D eigenvalue weighted by Gasteiger charge is -2.23. The van der Waals surface area contributed by atoms with Crippen molar-refractivity contribution in [1.82, 2.24) is 10.3 Å². The number of nitrogens with one attached hydrogen (secondary N) is 2. The molecule has 1 atom stereocenters. The van der Waals surface area contributed by atoms with Crippen LogP contribution in [0.25, 0.3) is 0 Å². The van der Waals surface area contributed by atoms with Gasteiger partial charge in [-0.2, -0.15) is 0 Å². The van der Waals surface area contributed by atoms with Gasteiger partial charge in [-0.05, 0) is 19.1 Å². The fourth-order valence-electron chi connectivity index (χ4n) is 1.91. The molecule has 6 nitrogen and oxygen atoms in total. The quantitative estimate of drug-likeness (QED) is 0.824. The van der Waals surface area contributed by atoms with Crippen molar-refractivity contribution in [2.75, 3.05) is 31.7 Å². The van der Waals surface area contributed by atoms with Crippen molar-refractivity contribution in [3.8, 4) is 5.88 Å². The van der Waals surface area contributed by atoms with Crippen LogP contribution in [-0.2, 0) is 9.53 Å². The van der Waals surface area contributed by atoms with Crippen LogP contribution >= 0.6 is 0 Å². The van der Waals surface area contributed by atoms with Gasteiger partial charge in [0.1, 0.15) is 5.69 Å². The summed E-state index contributed by atoms with van der Waals surface area (Å²) in [7, 11) is 0. The van der Waals surface area contributed by atoms with E-state index in [2.05, 4.69) is 15.6 Å². The maximum absolute atomic E-state index is 11.9. The third kappa shape index (κ3) is 4.18. The molecule has 0 radical (unpaired) electrons. The minimum Gasteiger partial charge on any atom is -0.476 e. The van der Waals surface area contributed by atoms with Gasteiger partial charge >= 0.3 is 0 Å². The Kier molecular flexibility index (Phi) is 5.11. The number of carbonyl (C=O) groups is 1. The SMILES string of the molecule is CCOc1ncccc1NC(=O)CC1COCCN1. The van der Waals surface area contributed by atoms with Gasteiger partial charge in [0.05, 0.1) is 19.8 Å². The van der Waals surface area contributed by atoms with E-state index in [1.54, 1.807) is 18.3 Å². The van der Waals surface area contributed by atoms with Gasteiger partial charge in [0, 0.05) is 25.2 Å². The molecule has 1 aliphatic rings. The Hall–Kier alpha value is -1.66. The number of rotatable bonds is 5. The van der Waals surface area contributed by atoms with E-state index in [9.17, 15) is 4.79 Å². The second-order valence-corrected chi connectivity index (χ2v) is 4.27. The molecule has 1 unspecified atom stereocenters. The normalized spacial score (nSPS) is 18.9. The van der Waals surface area contributed by atoms with Crippen LogP contribution in [0.4, 0.5) is 5.69 Å². The van der Waals surface area contributed by atoms with E-state index < -0.39 is 0 Å². The molecule has 0 saturated carbocycles. The summed E-state index contributed by atoms with van der Waals surface area (Å²) in [6.07, 6.45) is 2.01. The second-order valence-electron chi connectivity index (χ2n) is 4.27. The van der Waals surface area contributed by atoms with Gasteiger partial charge < -0.3 is 20.1 Å². The van der Waals surface area contributed by atoms with Crippen LogP contribution < -0.4 is 15.4 Å². The summed E-state index contributed by atoms with van der Waals surface area (Å²) < 4.78 is 10.7. The molecule has 2 rings (SSSR count). The molecular weight excluding hydrogens is 246 g/mol. The number of aromatic nitrogens is 1. The van der Waals surface area contributed by atoms with Crippen LogP contribution in [-0.4, -0.2) is 43.3 Å². The molecule has 1 aromatic rings. The van der Waals surface area contributed by atoms with Gasteiger partial charge in [-0.25, -0.2) is 4.98 Å². The lowest BCUT2D eigenvalue weighted by atomic mass is 10.2. The van der Waals surface area contributed by atoms with Crippen molar-refractivity contribution in [3.05, 3.63) is 18.3 Å². The van der Waals surface area contributed by atoms with Crippen molar-refractivity contribution in [2.45, 2.75) is 19.4 Å². The molecule has 0 aromatic carbocycles. The summed E-state index contributed by atoms with van der Waals surface area (Å²) >= 11 is 0. The second kappa shape index (κ2) is 7.06. The topological polar surface area (TPSA) is 72.5 Å². The maximum atomic E-state index is 11.9. The predicted octanol–water partition coefficient (Wildman–Crippen LogP) is 0.797. The number of anilines is 1. The van der Waals surface area contributed by atoms with Crippen LogP contribution in [0.1, 0.15) is 13.3 Å². The third-order valence-corrected chi connectivity index (χ3v) is 2.76. The van der Waals surface area contributed by atoms with E-state index in [4.69, 9.17) is 9.47 Å². The minimum atomic E-state index is -0.0723. The first kappa shape index (κ1) is 13.8. The molecule has 1 aromatic heterocycles. The van der Waals surface area contributed by atoms with E-state index in [-0.39, 0.29) is 11.9 Å². The van der Waals surface area contributed by atoms with Gasteiger partial charge in [-0.3, -0.25) is 4.79 Å². The molecule has 1 fully saturated rings. The minimum absolute atomic E-state index is 0.0703. The molecular formula is C13H19N3O3. The standard InChI is InChI=1S/C13H19N3O3/c1-2-19-13-11(4-3-5-15-13)16-12(17)8-10-9-18-7-6-14-10/h3-5,10,14H,2,6-9H2,1H3,(H,16,17). The fourth-order valence-corrected chi connectivity index (χ4v) is 1.91. The number of carbonyl (C=O) groups excluding carboxylic acids is 1. The van der Waals surface area contributed by atoms with Gasteiger partial charge in [-0.1, -0.05) is 0 Å². The Morgan fingerprint density at radius 3 is 3.32 bits per heavy atom. The summed E-state index contributed by atoms with van der Waals surface area (Å²) in [5, 5.41) is 6.06. The molecule has 19 heavy (non-hydrogen) atoms. The summed E-state index contributed by atoms with van der Waals surface area (Å²) in [5.41, 5.74) is 0.603. The van der Waals surface area contributed by atoms with Crippen LogP contribution in [0.5, 0.6) is 5.88 Å². The van der Waals surface area contributed by atoms with Crippen LogP contribution in [0.2, 0.25) is 0 Å². The molecule has 1 saturated heterocycles. The average molecular weight is 265 g/mol. The lowest BCUT2D eigenvalue weighted by molar-refractivity contribution is -0.117. The van der Waals surface area contributed by atoms with E-state index in [0.717, 1.165) is 6.54 Å². The number of hydrogen-bond acceptors (Lipinski definition) is 5. The van der Waals surface area contributed by atoms with Gasteiger partial charge in [0.2, 0.25) is 11.8 Å². The van der Waals surface area contributed by atoms with Crippen molar-refractivity contribution in [1.29, 1.82) is 0 Å². The summed E-state index contributed by atoms with van der Waals surface area (Å²) in [6.45, 7) is 4.45. The number of nitrogens with zero attached hydrogens (tertiary/aromatic N) is 1. The predicted molar refractivity (Wildman–Crippen MR) is 71.3 cm³/mol. The Labute approximate surface area is 112 Å². The van der Waals surface area contributed by atoms with Gasteiger partial charge in [-0.15, -0.1) is 0 Å². The highest BCUT2D eigenvalue weighted by atomic mass is 16.5. The molecule has 0 bridgehead atoms. The summed E-state index contributed by atoms with van der Waals surface area (Å²) in [4.78, 5) is 16.0. The third-order valence-electron chi connectivity index (χ3n) is 2.76. The summed E-state index contributed by atoms with van der Waals surface area (Å²) in [6, 6.07) is 3.61. The molecule has 6 heteroatoms. The number of pyridine rings is 1. The van der Waals surface area contributed by atoms with E-state index in [0.29, 0.717) is 37.8 Å². The highest BCUT2D eigenvalue weighted by Crippen LogP contribution is 2.20. The Bertz CT molecular complexity index is 419. The summed E-state index contributed by atoms with van der Waals surface area (Å²) in [5.74, 6) is 0.378. The average Bonchev–Trinajstić information content (AvgIpc) is 2.42. The first-order chi connectivity index (χ1) is 9.29. The number of hydrogen-bond donors (Lipinski definition) is 2. The first-order valence-corrected chi connectivity index (χ1v) is 6.48. The van der Waals surface area contributed by atoms with E-state index in [1.807, 2.05) is 6.92 Å². The van der Waals surface area contributed by atoms with Gasteiger partial charge in [0.25, 0.3) is 0 Å². The van der Waals surface area contributed by atoms with Crippen LogP contribution in [0.3, 0.4) is 0 Å². The van der Waals surface area contributed by atoms with Crippen molar-refractivity contribution >= 4 is 11.6 Å². The zero-order chi connectivity index (χ0) is 13.5. The highest BCUT2D eigenvalue weighted by molar-refractivity contribution is 5.92. The molecule has 1 aliphatic heterocycles. The monoisotopic (exact) mass is 265 g/mol. The Morgan fingerprint density at radius 1 is 1.68 bits per heavy atom. The van der Waals surface area contributed by atoms with Crippen LogP contribution in [0, 0.1) is 0 Å². The number of ether oxygens (including phenoxy) is 2. The highest BCUT2D eigenvalue weighted by Gasteiger charge is 2.17. The van der Waals surface area contributed by atoms with E-state index in [1.165, 1.54) is 0 Å². The first-order valence-electron chi connectivity index (χ1n) is 6.48.